The lowest BCUT2D eigenvalue weighted by atomic mass is 10.1. The van der Waals surface area contributed by atoms with Crippen molar-refractivity contribution in [3.8, 4) is 0 Å². The van der Waals surface area contributed by atoms with Crippen molar-refractivity contribution in [3.05, 3.63) is 66.8 Å². The molecule has 2 aromatic rings. The Morgan fingerprint density at radius 3 is 2.80 bits per heavy atom. The van der Waals surface area contributed by atoms with Gasteiger partial charge in [-0.25, -0.2) is 0 Å². The maximum absolute atomic E-state index is 4.12. The summed E-state index contributed by atoms with van der Waals surface area (Å²) >= 11 is 0. The first-order valence-corrected chi connectivity index (χ1v) is 4.90. The van der Waals surface area contributed by atoms with Crippen molar-refractivity contribution in [2.24, 2.45) is 0 Å². The Morgan fingerprint density at radius 1 is 1.27 bits per heavy atom. The second-order valence-electron chi connectivity index (χ2n) is 3.32. The van der Waals surface area contributed by atoms with Crippen LogP contribution in [0.2, 0.25) is 0 Å². The summed E-state index contributed by atoms with van der Waals surface area (Å²) < 4.78 is 1.99. The molecular weight excluding hydrogens is 184 g/mol. The molecule has 0 aliphatic heterocycles. The fraction of sp³-hybridized carbons (Fsp3) is 0.0769. The average molecular weight is 197 g/mol. The van der Waals surface area contributed by atoms with Gasteiger partial charge in [-0.05, 0) is 12.1 Å². The summed E-state index contributed by atoms with van der Waals surface area (Å²) in [6.45, 7) is 3.77. The van der Waals surface area contributed by atoms with Crippen molar-refractivity contribution in [2.75, 3.05) is 0 Å². The Hall–Kier alpha value is -1.96. The Labute approximate surface area is 89.5 Å². The minimum atomic E-state index is 0.876. The average Bonchev–Trinajstić information content (AvgIpc) is 2.31. The van der Waals surface area contributed by atoms with Gasteiger partial charge in [-0.2, -0.15) is 4.57 Å². The fourth-order valence-corrected chi connectivity index (χ4v) is 1.52. The zero-order valence-corrected chi connectivity index (χ0v) is 8.50. The third-order valence-electron chi connectivity index (χ3n) is 2.29. The number of rotatable bonds is 3. The van der Waals surface area contributed by atoms with E-state index in [2.05, 4.69) is 23.7 Å². The maximum Gasteiger partial charge on any atom is 0.209 e. The molecule has 1 heterocycles. The van der Waals surface area contributed by atoms with Crippen LogP contribution in [-0.2, 0) is 6.42 Å². The SMILES string of the molecule is C=C[n+]1ccncc1Cc1ccccc1. The van der Waals surface area contributed by atoms with E-state index in [1.165, 1.54) is 5.56 Å². The monoisotopic (exact) mass is 197 g/mol. The van der Waals surface area contributed by atoms with Gasteiger partial charge in [-0.15, -0.1) is 0 Å². The molecule has 0 saturated carbocycles. The largest absolute Gasteiger partial charge is 0.252 e. The van der Waals surface area contributed by atoms with Gasteiger partial charge >= 0.3 is 0 Å². The Morgan fingerprint density at radius 2 is 2.07 bits per heavy atom. The Kier molecular flexibility index (Phi) is 2.88. The van der Waals surface area contributed by atoms with Crippen LogP contribution in [0.5, 0.6) is 0 Å². The van der Waals surface area contributed by atoms with Gasteiger partial charge in [0.2, 0.25) is 5.69 Å². The first kappa shape index (κ1) is 9.59. The Balaban J connectivity index is 2.28. The van der Waals surface area contributed by atoms with Gasteiger partial charge in [0.25, 0.3) is 0 Å². The van der Waals surface area contributed by atoms with Crippen LogP contribution in [0.1, 0.15) is 11.3 Å². The zero-order valence-electron chi connectivity index (χ0n) is 8.50. The summed E-state index contributed by atoms with van der Waals surface area (Å²) in [7, 11) is 0. The number of nitrogens with zero attached hydrogens (tertiary/aromatic N) is 2. The molecule has 0 bridgehead atoms. The molecule has 0 atom stereocenters. The predicted molar refractivity (Wildman–Crippen MR) is 60.1 cm³/mol. The summed E-state index contributed by atoms with van der Waals surface area (Å²) in [4.78, 5) is 4.12. The van der Waals surface area contributed by atoms with Crippen LogP contribution in [0.4, 0.5) is 0 Å². The van der Waals surface area contributed by atoms with Crippen LogP contribution in [-0.4, -0.2) is 4.98 Å². The van der Waals surface area contributed by atoms with E-state index in [1.807, 2.05) is 35.2 Å². The minimum Gasteiger partial charge on any atom is -0.252 e. The van der Waals surface area contributed by atoms with Gasteiger partial charge in [0, 0.05) is 0 Å². The lowest BCUT2D eigenvalue weighted by molar-refractivity contribution is -0.577. The molecule has 0 spiro atoms. The van der Waals surface area contributed by atoms with Crippen LogP contribution in [0.3, 0.4) is 0 Å². The fourth-order valence-electron chi connectivity index (χ4n) is 1.52. The molecule has 2 heteroatoms. The molecule has 0 saturated heterocycles. The van der Waals surface area contributed by atoms with Crippen molar-refractivity contribution < 1.29 is 4.57 Å². The maximum atomic E-state index is 4.12. The van der Waals surface area contributed by atoms with Crippen molar-refractivity contribution >= 4 is 6.20 Å². The van der Waals surface area contributed by atoms with Crippen molar-refractivity contribution in [1.82, 2.24) is 4.98 Å². The smallest absolute Gasteiger partial charge is 0.209 e. The van der Waals surface area contributed by atoms with E-state index in [4.69, 9.17) is 0 Å². The van der Waals surface area contributed by atoms with Gasteiger partial charge < -0.3 is 0 Å². The van der Waals surface area contributed by atoms with Crippen LogP contribution in [0, 0.1) is 0 Å². The number of benzene rings is 1. The van der Waals surface area contributed by atoms with E-state index in [-0.39, 0.29) is 0 Å². The van der Waals surface area contributed by atoms with Crippen molar-refractivity contribution in [1.29, 1.82) is 0 Å². The Bertz CT molecular complexity index is 449. The third-order valence-corrected chi connectivity index (χ3v) is 2.29. The van der Waals surface area contributed by atoms with E-state index in [0.29, 0.717) is 0 Å². The van der Waals surface area contributed by atoms with Gasteiger partial charge in [0.15, 0.2) is 12.4 Å². The first-order chi connectivity index (χ1) is 7.40. The standard InChI is InChI=1S/C13H13N2/c1-2-15-9-8-14-11-13(15)10-12-6-4-3-5-7-12/h2-9,11H,1,10H2/q+1. The number of aromatic nitrogens is 2. The molecule has 0 fully saturated rings. The summed E-state index contributed by atoms with van der Waals surface area (Å²) in [5.74, 6) is 0. The summed E-state index contributed by atoms with van der Waals surface area (Å²) in [6, 6.07) is 10.3. The minimum absolute atomic E-state index is 0.876. The molecular formula is C13H13N2+. The van der Waals surface area contributed by atoms with Gasteiger partial charge in [-0.3, -0.25) is 4.98 Å². The highest BCUT2D eigenvalue weighted by Gasteiger charge is 2.07. The summed E-state index contributed by atoms with van der Waals surface area (Å²) in [5.41, 5.74) is 2.42. The highest BCUT2D eigenvalue weighted by molar-refractivity contribution is 5.19. The van der Waals surface area contributed by atoms with E-state index < -0.39 is 0 Å². The lowest BCUT2D eigenvalue weighted by Gasteiger charge is -1.99. The molecule has 2 nitrogen and oxygen atoms in total. The molecule has 0 radical (unpaired) electrons. The van der Waals surface area contributed by atoms with Crippen molar-refractivity contribution in [2.45, 2.75) is 6.42 Å². The predicted octanol–water partition coefficient (Wildman–Crippen LogP) is 2.06. The van der Waals surface area contributed by atoms with Crippen LogP contribution in [0.25, 0.3) is 6.20 Å². The second-order valence-corrected chi connectivity index (χ2v) is 3.32. The highest BCUT2D eigenvalue weighted by Crippen LogP contribution is 2.04. The molecule has 0 N–H and O–H groups in total. The molecule has 15 heavy (non-hydrogen) atoms. The number of hydrogen-bond donors (Lipinski definition) is 0. The molecule has 0 amide bonds. The third kappa shape index (κ3) is 2.29. The molecule has 0 unspecified atom stereocenters. The van der Waals surface area contributed by atoms with Gasteiger partial charge in [0.1, 0.15) is 0 Å². The van der Waals surface area contributed by atoms with Crippen LogP contribution in [0.15, 0.2) is 55.5 Å². The van der Waals surface area contributed by atoms with E-state index >= 15 is 0 Å². The highest BCUT2D eigenvalue weighted by atomic mass is 15.0. The summed E-state index contributed by atoms with van der Waals surface area (Å²) in [6.07, 6.45) is 8.21. The van der Waals surface area contributed by atoms with Gasteiger partial charge in [0.05, 0.1) is 18.8 Å². The first-order valence-electron chi connectivity index (χ1n) is 4.90. The number of hydrogen-bond acceptors (Lipinski definition) is 1. The second kappa shape index (κ2) is 4.51. The summed E-state index contributed by atoms with van der Waals surface area (Å²) in [5, 5.41) is 0. The van der Waals surface area contributed by atoms with Crippen LogP contribution < -0.4 is 4.57 Å². The molecule has 1 aromatic carbocycles. The zero-order chi connectivity index (χ0) is 10.5. The van der Waals surface area contributed by atoms with Gasteiger partial charge in [-0.1, -0.05) is 30.3 Å². The van der Waals surface area contributed by atoms with E-state index in [9.17, 15) is 0 Å². The quantitative estimate of drug-likeness (QED) is 0.688. The molecule has 0 aliphatic rings. The molecule has 1 aromatic heterocycles. The topological polar surface area (TPSA) is 16.8 Å². The molecule has 74 valence electrons. The lowest BCUT2D eigenvalue weighted by Crippen LogP contribution is -2.31. The molecule has 2 rings (SSSR count). The van der Waals surface area contributed by atoms with Crippen LogP contribution >= 0.6 is 0 Å². The normalized spacial score (nSPS) is 9.87. The van der Waals surface area contributed by atoms with E-state index in [1.54, 1.807) is 12.4 Å². The van der Waals surface area contributed by atoms with Crippen molar-refractivity contribution in [3.63, 3.8) is 0 Å². The molecule has 0 aliphatic carbocycles. The van der Waals surface area contributed by atoms with E-state index in [0.717, 1.165) is 12.1 Å².